The SMILES string of the molecule is COc1cc(/C=C/[N+](=O)[O-])cc(OC)c1OC. The number of benzene rings is 1. The third kappa shape index (κ3) is 3.10. The Labute approximate surface area is 98.6 Å². The van der Waals surface area contributed by atoms with Gasteiger partial charge in [0.15, 0.2) is 11.5 Å². The van der Waals surface area contributed by atoms with Crippen molar-refractivity contribution in [2.45, 2.75) is 0 Å². The second kappa shape index (κ2) is 5.74. The summed E-state index contributed by atoms with van der Waals surface area (Å²) in [6.45, 7) is 0. The summed E-state index contributed by atoms with van der Waals surface area (Å²) in [5, 5.41) is 10.2. The summed E-state index contributed by atoms with van der Waals surface area (Å²) in [7, 11) is 4.46. The molecular formula is C11H13NO5. The zero-order valence-corrected chi connectivity index (χ0v) is 9.80. The normalized spacial score (nSPS) is 10.3. The first-order valence-corrected chi connectivity index (χ1v) is 4.74. The van der Waals surface area contributed by atoms with E-state index in [1.54, 1.807) is 12.1 Å². The zero-order valence-electron chi connectivity index (χ0n) is 9.80. The maximum Gasteiger partial charge on any atom is 0.235 e. The Bertz CT molecular complexity index is 416. The molecule has 0 atom stereocenters. The molecule has 92 valence electrons. The topological polar surface area (TPSA) is 70.8 Å². The molecule has 0 amide bonds. The average molecular weight is 239 g/mol. The first-order valence-electron chi connectivity index (χ1n) is 4.74. The molecule has 17 heavy (non-hydrogen) atoms. The van der Waals surface area contributed by atoms with E-state index < -0.39 is 4.92 Å². The Morgan fingerprint density at radius 3 is 2.00 bits per heavy atom. The van der Waals surface area contributed by atoms with Gasteiger partial charge in [-0.3, -0.25) is 10.1 Å². The van der Waals surface area contributed by atoms with E-state index in [-0.39, 0.29) is 0 Å². The van der Waals surface area contributed by atoms with Crippen LogP contribution in [0.3, 0.4) is 0 Å². The summed E-state index contributed by atoms with van der Waals surface area (Å²) < 4.78 is 15.4. The van der Waals surface area contributed by atoms with Crippen molar-refractivity contribution >= 4 is 6.08 Å². The number of rotatable bonds is 5. The molecule has 1 rings (SSSR count). The molecule has 0 saturated carbocycles. The predicted octanol–water partition coefficient (Wildman–Crippen LogP) is 1.96. The number of ether oxygens (including phenoxy) is 3. The van der Waals surface area contributed by atoms with Crippen LogP contribution in [0.4, 0.5) is 0 Å². The standard InChI is InChI=1S/C11H13NO5/c1-15-9-6-8(4-5-12(13)14)7-10(16-2)11(9)17-3/h4-7H,1-3H3/b5-4+. The first-order chi connectivity index (χ1) is 8.12. The van der Waals surface area contributed by atoms with E-state index in [9.17, 15) is 10.1 Å². The Hall–Kier alpha value is -2.24. The fourth-order valence-electron chi connectivity index (χ4n) is 1.34. The number of nitrogens with zero attached hydrogens (tertiary/aromatic N) is 1. The number of hydrogen-bond acceptors (Lipinski definition) is 5. The summed E-state index contributed by atoms with van der Waals surface area (Å²) in [4.78, 5) is 9.70. The van der Waals surface area contributed by atoms with E-state index in [2.05, 4.69) is 0 Å². The zero-order chi connectivity index (χ0) is 12.8. The van der Waals surface area contributed by atoms with E-state index in [1.807, 2.05) is 0 Å². The predicted molar refractivity (Wildman–Crippen MR) is 62.1 cm³/mol. The van der Waals surface area contributed by atoms with E-state index >= 15 is 0 Å². The van der Waals surface area contributed by atoms with Crippen molar-refractivity contribution < 1.29 is 19.1 Å². The van der Waals surface area contributed by atoms with Crippen LogP contribution in [0.15, 0.2) is 18.3 Å². The third-order valence-corrected chi connectivity index (χ3v) is 2.08. The van der Waals surface area contributed by atoms with Crippen molar-refractivity contribution in [3.05, 3.63) is 34.0 Å². The van der Waals surface area contributed by atoms with Crippen molar-refractivity contribution in [3.8, 4) is 17.2 Å². The van der Waals surface area contributed by atoms with Crippen LogP contribution in [0, 0.1) is 10.1 Å². The van der Waals surface area contributed by atoms with E-state index in [1.165, 1.54) is 27.4 Å². The minimum Gasteiger partial charge on any atom is -0.493 e. The van der Waals surface area contributed by atoms with Crippen molar-refractivity contribution in [2.24, 2.45) is 0 Å². The maximum absolute atomic E-state index is 10.2. The van der Waals surface area contributed by atoms with Gasteiger partial charge in [0.05, 0.1) is 26.3 Å². The van der Waals surface area contributed by atoms with Gasteiger partial charge >= 0.3 is 0 Å². The molecule has 6 heteroatoms. The number of hydrogen-bond donors (Lipinski definition) is 0. The third-order valence-electron chi connectivity index (χ3n) is 2.08. The Morgan fingerprint density at radius 2 is 1.65 bits per heavy atom. The van der Waals surface area contributed by atoms with Crippen LogP contribution < -0.4 is 14.2 Å². The summed E-state index contributed by atoms with van der Waals surface area (Å²) in [6.07, 6.45) is 2.20. The average Bonchev–Trinajstić information content (AvgIpc) is 2.34. The van der Waals surface area contributed by atoms with Gasteiger partial charge < -0.3 is 14.2 Å². The van der Waals surface area contributed by atoms with Gasteiger partial charge in [0.25, 0.3) is 0 Å². The van der Waals surface area contributed by atoms with Crippen LogP contribution in [0.25, 0.3) is 6.08 Å². The van der Waals surface area contributed by atoms with Crippen LogP contribution in [-0.4, -0.2) is 26.3 Å². The van der Waals surface area contributed by atoms with Crippen molar-refractivity contribution in [3.63, 3.8) is 0 Å². The van der Waals surface area contributed by atoms with E-state index in [4.69, 9.17) is 14.2 Å². The smallest absolute Gasteiger partial charge is 0.235 e. The van der Waals surface area contributed by atoms with Crippen LogP contribution in [-0.2, 0) is 0 Å². The van der Waals surface area contributed by atoms with Gasteiger partial charge in [0, 0.05) is 6.08 Å². The lowest BCUT2D eigenvalue weighted by atomic mass is 10.2. The molecule has 6 nitrogen and oxygen atoms in total. The molecule has 0 aliphatic carbocycles. The molecule has 0 spiro atoms. The number of methoxy groups -OCH3 is 3. The molecule has 0 unspecified atom stereocenters. The highest BCUT2D eigenvalue weighted by Crippen LogP contribution is 2.38. The van der Waals surface area contributed by atoms with Gasteiger partial charge in [-0.15, -0.1) is 0 Å². The largest absolute Gasteiger partial charge is 0.493 e. The molecular weight excluding hydrogens is 226 g/mol. The molecule has 0 aliphatic rings. The van der Waals surface area contributed by atoms with E-state index in [0.717, 1.165) is 6.20 Å². The van der Waals surface area contributed by atoms with Gasteiger partial charge in [-0.1, -0.05) is 0 Å². The quantitative estimate of drug-likeness (QED) is 0.580. The molecule has 0 aliphatic heterocycles. The molecule has 1 aromatic carbocycles. The monoisotopic (exact) mass is 239 g/mol. The lowest BCUT2D eigenvalue weighted by molar-refractivity contribution is -0.400. The Balaban J connectivity index is 3.22. The number of nitro groups is 1. The second-order valence-corrected chi connectivity index (χ2v) is 3.06. The van der Waals surface area contributed by atoms with Crippen LogP contribution >= 0.6 is 0 Å². The molecule has 0 aromatic heterocycles. The van der Waals surface area contributed by atoms with Crippen LogP contribution in [0.5, 0.6) is 17.2 Å². The summed E-state index contributed by atoms with van der Waals surface area (Å²) >= 11 is 0. The Kier molecular flexibility index (Phi) is 4.33. The molecule has 0 saturated heterocycles. The van der Waals surface area contributed by atoms with Crippen molar-refractivity contribution in [1.29, 1.82) is 0 Å². The fourth-order valence-corrected chi connectivity index (χ4v) is 1.34. The van der Waals surface area contributed by atoms with E-state index in [0.29, 0.717) is 22.8 Å². The van der Waals surface area contributed by atoms with Crippen LogP contribution in [0.2, 0.25) is 0 Å². The highest BCUT2D eigenvalue weighted by Gasteiger charge is 2.12. The summed E-state index contributed by atoms with van der Waals surface area (Å²) in [6, 6.07) is 3.25. The molecule has 1 aromatic rings. The van der Waals surface area contributed by atoms with Crippen LogP contribution in [0.1, 0.15) is 5.56 Å². The second-order valence-electron chi connectivity index (χ2n) is 3.06. The van der Waals surface area contributed by atoms with Gasteiger partial charge in [-0.05, 0) is 17.7 Å². The van der Waals surface area contributed by atoms with Crippen molar-refractivity contribution in [1.82, 2.24) is 0 Å². The van der Waals surface area contributed by atoms with Gasteiger partial charge in [0.2, 0.25) is 11.9 Å². The minimum absolute atomic E-state index is 0.452. The van der Waals surface area contributed by atoms with Gasteiger partial charge in [-0.25, -0.2) is 0 Å². The van der Waals surface area contributed by atoms with Gasteiger partial charge in [0.1, 0.15) is 0 Å². The minimum atomic E-state index is -0.539. The van der Waals surface area contributed by atoms with Gasteiger partial charge in [-0.2, -0.15) is 0 Å². The lowest BCUT2D eigenvalue weighted by Crippen LogP contribution is -1.95. The highest BCUT2D eigenvalue weighted by molar-refractivity contribution is 5.61. The molecule has 0 radical (unpaired) electrons. The first kappa shape index (κ1) is 12.8. The molecule has 0 bridgehead atoms. The summed E-state index contributed by atoms with van der Waals surface area (Å²) in [5.74, 6) is 1.36. The molecule has 0 N–H and O–H groups in total. The van der Waals surface area contributed by atoms with Crippen molar-refractivity contribution in [2.75, 3.05) is 21.3 Å². The molecule has 0 heterocycles. The Morgan fingerprint density at radius 1 is 1.12 bits per heavy atom. The summed E-state index contributed by atoms with van der Waals surface area (Å²) in [5.41, 5.74) is 0.594. The maximum atomic E-state index is 10.2. The fraction of sp³-hybridized carbons (Fsp3) is 0.273. The lowest BCUT2D eigenvalue weighted by Gasteiger charge is -2.12. The highest BCUT2D eigenvalue weighted by atomic mass is 16.6. The molecule has 0 fully saturated rings.